The molecule has 1 aliphatic rings. The van der Waals surface area contributed by atoms with Gasteiger partial charge in [-0.2, -0.15) is 0 Å². The zero-order valence-corrected chi connectivity index (χ0v) is 22.1. The number of benzene rings is 1. The number of fused-ring (bicyclic) bond motifs is 2. The van der Waals surface area contributed by atoms with E-state index in [1.165, 1.54) is 17.4 Å². The second-order valence-electron chi connectivity index (χ2n) is 9.66. The normalized spacial score (nSPS) is 17.7. The first-order chi connectivity index (χ1) is 18.9. The van der Waals surface area contributed by atoms with E-state index in [-0.39, 0.29) is 28.2 Å². The molecule has 1 amide bonds. The Bertz CT molecular complexity index is 1740. The van der Waals surface area contributed by atoms with Gasteiger partial charge in [-0.05, 0) is 68.0 Å². The smallest absolute Gasteiger partial charge is 0.334 e. The van der Waals surface area contributed by atoms with Gasteiger partial charge in [0.15, 0.2) is 5.65 Å². The number of hydrogen-bond donors (Lipinski definition) is 1. The second kappa shape index (κ2) is 10.5. The molecule has 4 heterocycles. The van der Waals surface area contributed by atoms with Crippen LogP contribution in [0.5, 0.6) is 0 Å². The van der Waals surface area contributed by atoms with Crippen LogP contribution in [0.2, 0.25) is 5.02 Å². The van der Waals surface area contributed by atoms with E-state index in [9.17, 15) is 18.4 Å². The van der Waals surface area contributed by atoms with E-state index in [1.807, 2.05) is 30.3 Å². The summed E-state index contributed by atoms with van der Waals surface area (Å²) in [6, 6.07) is 10.5. The number of halogens is 3. The minimum absolute atomic E-state index is 0.124. The molecular formula is C27H23ClF2N6O2S. The number of pyridine rings is 2. The lowest BCUT2D eigenvalue weighted by Crippen LogP contribution is -2.39. The quantitative estimate of drug-likeness (QED) is 0.280. The summed E-state index contributed by atoms with van der Waals surface area (Å²) in [7, 11) is 0. The van der Waals surface area contributed by atoms with Gasteiger partial charge in [0.1, 0.15) is 5.69 Å². The summed E-state index contributed by atoms with van der Waals surface area (Å²) >= 11 is 7.41. The fourth-order valence-corrected chi connectivity index (χ4v) is 6.16. The molecule has 0 saturated heterocycles. The van der Waals surface area contributed by atoms with Crippen molar-refractivity contribution in [1.82, 2.24) is 29.4 Å². The van der Waals surface area contributed by atoms with Crippen molar-refractivity contribution in [3.8, 4) is 5.69 Å². The van der Waals surface area contributed by atoms with Crippen molar-refractivity contribution in [2.45, 2.75) is 44.7 Å². The van der Waals surface area contributed by atoms with E-state index in [0.717, 1.165) is 40.5 Å². The van der Waals surface area contributed by atoms with Gasteiger partial charge in [0.25, 0.3) is 12.3 Å². The molecule has 8 nitrogen and oxygen atoms in total. The summed E-state index contributed by atoms with van der Waals surface area (Å²) < 4.78 is 31.1. The van der Waals surface area contributed by atoms with E-state index in [4.69, 9.17) is 11.6 Å². The first-order valence-corrected chi connectivity index (χ1v) is 13.8. The maximum absolute atomic E-state index is 13.7. The van der Waals surface area contributed by atoms with E-state index in [1.54, 1.807) is 20.8 Å². The summed E-state index contributed by atoms with van der Waals surface area (Å²) in [6.07, 6.45) is 2.79. The number of nitrogens with zero attached hydrogens (tertiary/aromatic N) is 5. The molecule has 0 radical (unpaired) electrons. The van der Waals surface area contributed by atoms with Crippen LogP contribution < -0.4 is 11.0 Å². The molecule has 12 heteroatoms. The maximum Gasteiger partial charge on any atom is 0.334 e. The van der Waals surface area contributed by atoms with Crippen LogP contribution >= 0.6 is 22.9 Å². The van der Waals surface area contributed by atoms with Gasteiger partial charge in [0.05, 0.1) is 37.5 Å². The number of rotatable bonds is 6. The summed E-state index contributed by atoms with van der Waals surface area (Å²) in [6.45, 7) is 0.519. The molecule has 0 unspecified atom stereocenters. The van der Waals surface area contributed by atoms with Crippen molar-refractivity contribution in [3.05, 3.63) is 81.1 Å². The number of thiazole rings is 1. The fraction of sp³-hybridized carbons (Fsp3) is 0.296. The topological polar surface area (TPSA) is 94.7 Å². The molecule has 0 spiro atoms. The van der Waals surface area contributed by atoms with Crippen LogP contribution in [0.3, 0.4) is 0 Å². The molecule has 1 fully saturated rings. The van der Waals surface area contributed by atoms with E-state index in [2.05, 4.69) is 20.3 Å². The number of aromatic nitrogens is 5. The van der Waals surface area contributed by atoms with Crippen molar-refractivity contribution in [3.63, 3.8) is 0 Å². The molecule has 1 N–H and O–H groups in total. The molecule has 0 atom stereocenters. The Balaban J connectivity index is 1.19. The Labute approximate surface area is 230 Å². The van der Waals surface area contributed by atoms with Crippen LogP contribution in [0, 0.1) is 5.92 Å². The summed E-state index contributed by atoms with van der Waals surface area (Å²) in [4.78, 5) is 38.9. The van der Waals surface area contributed by atoms with Crippen LogP contribution in [0.1, 0.15) is 48.2 Å². The zero-order chi connectivity index (χ0) is 27.1. The van der Waals surface area contributed by atoms with Crippen LogP contribution in [-0.2, 0) is 6.54 Å². The van der Waals surface area contributed by atoms with Crippen molar-refractivity contribution in [1.29, 1.82) is 0 Å². The molecule has 1 aromatic carbocycles. The molecule has 39 heavy (non-hydrogen) atoms. The third-order valence-corrected chi connectivity index (χ3v) is 8.22. The van der Waals surface area contributed by atoms with Gasteiger partial charge >= 0.3 is 5.69 Å². The van der Waals surface area contributed by atoms with Crippen molar-refractivity contribution in [2.24, 2.45) is 5.92 Å². The highest BCUT2D eigenvalue weighted by molar-refractivity contribution is 7.16. The van der Waals surface area contributed by atoms with Gasteiger partial charge in [-0.25, -0.2) is 28.1 Å². The number of carbonyl (C=O) groups excluding carboxylic acids is 1. The Kier molecular flexibility index (Phi) is 6.86. The molecule has 0 aliphatic heterocycles. The molecule has 1 aliphatic carbocycles. The molecule has 1 saturated carbocycles. The van der Waals surface area contributed by atoms with Crippen LogP contribution in [0.15, 0.2) is 59.1 Å². The van der Waals surface area contributed by atoms with E-state index < -0.39 is 18.0 Å². The third kappa shape index (κ3) is 4.92. The van der Waals surface area contributed by atoms with Crippen molar-refractivity contribution >= 4 is 50.2 Å². The second-order valence-corrected chi connectivity index (χ2v) is 11.0. The van der Waals surface area contributed by atoms with E-state index in [0.29, 0.717) is 25.0 Å². The standard InChI is InChI=1S/C27H23ClF2N6O2S/c28-16-10-19(23(24(29)30)32-12-16)26(37)34-17-5-3-15(4-6-17)13-35-21-2-1-9-31-25(21)36(27(35)38)18-7-8-20-22(11-18)39-14-33-20/h1-2,7-12,14-15,17,24H,3-6,13H2,(H,34,37)/t15-,17-. The lowest BCUT2D eigenvalue weighted by atomic mass is 9.85. The van der Waals surface area contributed by atoms with Crippen molar-refractivity contribution < 1.29 is 13.6 Å². The Morgan fingerprint density at radius 2 is 1.95 bits per heavy atom. The minimum Gasteiger partial charge on any atom is -0.349 e. The summed E-state index contributed by atoms with van der Waals surface area (Å²) in [5.74, 6) is -0.393. The predicted octanol–water partition coefficient (Wildman–Crippen LogP) is 5.77. The Morgan fingerprint density at radius 3 is 2.74 bits per heavy atom. The van der Waals surface area contributed by atoms with Crippen LogP contribution in [0.25, 0.3) is 27.1 Å². The number of amides is 1. The lowest BCUT2D eigenvalue weighted by Gasteiger charge is -2.29. The Hall–Kier alpha value is -3.70. The molecule has 0 bridgehead atoms. The molecular weight excluding hydrogens is 546 g/mol. The Morgan fingerprint density at radius 1 is 1.13 bits per heavy atom. The average molecular weight is 569 g/mol. The van der Waals surface area contributed by atoms with E-state index >= 15 is 0 Å². The van der Waals surface area contributed by atoms with Gasteiger partial charge in [-0.3, -0.25) is 14.3 Å². The van der Waals surface area contributed by atoms with Crippen molar-refractivity contribution in [2.75, 3.05) is 0 Å². The van der Waals surface area contributed by atoms with Crippen LogP contribution in [-0.4, -0.2) is 36.0 Å². The van der Waals surface area contributed by atoms with Gasteiger partial charge in [-0.15, -0.1) is 11.3 Å². The van der Waals surface area contributed by atoms with Gasteiger partial charge in [0.2, 0.25) is 0 Å². The molecule has 6 rings (SSSR count). The molecule has 4 aromatic heterocycles. The number of imidazole rings is 1. The minimum atomic E-state index is -2.88. The molecule has 5 aromatic rings. The predicted molar refractivity (Wildman–Crippen MR) is 146 cm³/mol. The largest absolute Gasteiger partial charge is 0.349 e. The van der Waals surface area contributed by atoms with Gasteiger partial charge < -0.3 is 5.32 Å². The summed E-state index contributed by atoms with van der Waals surface area (Å²) in [5, 5.41) is 2.99. The summed E-state index contributed by atoms with van der Waals surface area (Å²) in [5.41, 5.74) is 3.82. The third-order valence-electron chi connectivity index (χ3n) is 7.22. The first-order valence-electron chi connectivity index (χ1n) is 12.5. The number of alkyl halides is 2. The maximum atomic E-state index is 13.7. The first kappa shape index (κ1) is 25.6. The van der Waals surface area contributed by atoms with Gasteiger partial charge in [0, 0.05) is 25.0 Å². The zero-order valence-electron chi connectivity index (χ0n) is 20.6. The SMILES string of the molecule is O=C(N[C@H]1CC[C@H](Cn2c(=O)n(-c3ccc4ncsc4c3)c3ncccc32)CC1)c1cc(Cl)cnc1C(F)F. The fourth-order valence-electron chi connectivity index (χ4n) is 5.29. The number of carbonyl (C=O) groups is 1. The highest BCUT2D eigenvalue weighted by atomic mass is 35.5. The molecule has 200 valence electrons. The number of nitrogens with one attached hydrogen (secondary N) is 1. The van der Waals surface area contributed by atoms with Crippen LogP contribution in [0.4, 0.5) is 8.78 Å². The number of hydrogen-bond acceptors (Lipinski definition) is 6. The monoisotopic (exact) mass is 568 g/mol. The lowest BCUT2D eigenvalue weighted by molar-refractivity contribution is 0.0904. The average Bonchev–Trinajstić information content (AvgIpc) is 3.51. The highest BCUT2D eigenvalue weighted by Gasteiger charge is 2.27. The highest BCUT2D eigenvalue weighted by Crippen LogP contribution is 2.29. The van der Waals surface area contributed by atoms with Gasteiger partial charge in [-0.1, -0.05) is 11.6 Å².